The van der Waals surface area contributed by atoms with E-state index in [9.17, 15) is 4.79 Å². The molecule has 0 N–H and O–H groups in total. The SMILES string of the molecule is CC(C)(C)OC(=O)N1CCN(c2cccc(Cl)c2)CC1CSC(c1ccccc1)(c1ccccc1)c1ccccc1. The van der Waals surface area contributed by atoms with Crippen molar-refractivity contribution >= 4 is 35.1 Å². The smallest absolute Gasteiger partial charge is 0.410 e. The maximum atomic E-state index is 13.5. The first-order valence-electron chi connectivity index (χ1n) is 14.1. The summed E-state index contributed by atoms with van der Waals surface area (Å²) >= 11 is 8.23. The molecular formula is C35H37ClN2O2S. The zero-order chi connectivity index (χ0) is 28.9. The number of nitrogens with zero attached hydrogens (tertiary/aromatic N) is 2. The minimum Gasteiger partial charge on any atom is -0.444 e. The molecule has 0 saturated carbocycles. The van der Waals surface area contributed by atoms with Gasteiger partial charge in [-0.05, 0) is 55.7 Å². The second-order valence-corrected chi connectivity index (χ2v) is 13.0. The zero-order valence-electron chi connectivity index (χ0n) is 23.9. The number of anilines is 1. The lowest BCUT2D eigenvalue weighted by molar-refractivity contribution is 0.0163. The number of halogens is 1. The van der Waals surface area contributed by atoms with Gasteiger partial charge in [-0.2, -0.15) is 0 Å². The van der Waals surface area contributed by atoms with E-state index in [1.54, 1.807) is 0 Å². The van der Waals surface area contributed by atoms with E-state index in [0.29, 0.717) is 30.4 Å². The van der Waals surface area contributed by atoms with Crippen LogP contribution >= 0.6 is 23.4 Å². The molecular weight excluding hydrogens is 548 g/mol. The van der Waals surface area contributed by atoms with Gasteiger partial charge in [0.25, 0.3) is 0 Å². The van der Waals surface area contributed by atoms with Crippen molar-refractivity contribution in [3.8, 4) is 0 Å². The maximum Gasteiger partial charge on any atom is 0.410 e. The number of carbonyl (C=O) groups excluding carboxylic acids is 1. The number of benzene rings is 4. The van der Waals surface area contributed by atoms with Crippen molar-refractivity contribution in [1.82, 2.24) is 4.90 Å². The van der Waals surface area contributed by atoms with Crippen LogP contribution in [0.3, 0.4) is 0 Å². The van der Waals surface area contributed by atoms with E-state index in [0.717, 1.165) is 5.69 Å². The van der Waals surface area contributed by atoms with Gasteiger partial charge in [0.05, 0.1) is 10.8 Å². The molecule has 0 spiro atoms. The molecule has 4 aromatic rings. The van der Waals surface area contributed by atoms with Crippen LogP contribution in [0, 0.1) is 0 Å². The molecule has 5 rings (SSSR count). The quantitative estimate of drug-likeness (QED) is 0.204. The number of ether oxygens (including phenoxy) is 1. The molecule has 1 atom stereocenters. The van der Waals surface area contributed by atoms with Crippen LogP contribution in [0.5, 0.6) is 0 Å². The highest BCUT2D eigenvalue weighted by atomic mass is 35.5. The van der Waals surface area contributed by atoms with E-state index in [1.165, 1.54) is 16.7 Å². The topological polar surface area (TPSA) is 32.8 Å². The van der Waals surface area contributed by atoms with E-state index in [2.05, 4.69) is 102 Å². The summed E-state index contributed by atoms with van der Waals surface area (Å²) in [6, 6.07) is 39.9. The Morgan fingerprint density at radius 1 is 0.805 bits per heavy atom. The summed E-state index contributed by atoms with van der Waals surface area (Å²) in [4.78, 5) is 17.8. The summed E-state index contributed by atoms with van der Waals surface area (Å²) in [5.74, 6) is 0.703. The second-order valence-electron chi connectivity index (χ2n) is 11.3. The molecule has 0 aliphatic carbocycles. The Hall–Kier alpha value is -3.41. The summed E-state index contributed by atoms with van der Waals surface area (Å²) in [5.41, 5.74) is 4.11. The van der Waals surface area contributed by atoms with E-state index < -0.39 is 10.3 Å². The number of hydrogen-bond donors (Lipinski definition) is 0. The second kappa shape index (κ2) is 12.6. The van der Waals surface area contributed by atoms with Crippen molar-refractivity contribution < 1.29 is 9.53 Å². The third-order valence-corrected chi connectivity index (χ3v) is 9.24. The van der Waals surface area contributed by atoms with Gasteiger partial charge in [0.15, 0.2) is 0 Å². The van der Waals surface area contributed by atoms with E-state index in [4.69, 9.17) is 16.3 Å². The number of carbonyl (C=O) groups is 1. The molecule has 1 fully saturated rings. The molecule has 1 amide bonds. The van der Waals surface area contributed by atoms with Gasteiger partial charge in [0.2, 0.25) is 0 Å². The Morgan fingerprint density at radius 3 is 1.83 bits per heavy atom. The summed E-state index contributed by atoms with van der Waals surface area (Å²) in [6.07, 6.45) is -0.265. The lowest BCUT2D eigenvalue weighted by atomic mass is 9.84. The van der Waals surface area contributed by atoms with Crippen LogP contribution in [0.2, 0.25) is 5.02 Å². The fourth-order valence-electron chi connectivity index (χ4n) is 5.46. The first kappa shape index (κ1) is 29.1. The Balaban J connectivity index is 1.55. The zero-order valence-corrected chi connectivity index (χ0v) is 25.4. The number of hydrogen-bond acceptors (Lipinski definition) is 4. The summed E-state index contributed by atoms with van der Waals surface area (Å²) in [6.45, 7) is 7.72. The van der Waals surface area contributed by atoms with Crippen LogP contribution in [0.4, 0.5) is 10.5 Å². The Kier molecular flexibility index (Phi) is 8.96. The van der Waals surface area contributed by atoms with Crippen LogP contribution in [-0.2, 0) is 9.48 Å². The van der Waals surface area contributed by atoms with Gasteiger partial charge < -0.3 is 14.5 Å². The van der Waals surface area contributed by atoms with Crippen molar-refractivity contribution in [3.05, 3.63) is 137 Å². The number of thioether (sulfide) groups is 1. The molecule has 212 valence electrons. The summed E-state index contributed by atoms with van der Waals surface area (Å²) < 4.78 is 5.42. The molecule has 1 heterocycles. The van der Waals surface area contributed by atoms with Crippen molar-refractivity contribution in [2.45, 2.75) is 37.2 Å². The molecule has 41 heavy (non-hydrogen) atoms. The minimum absolute atomic E-state index is 0.0851. The number of amides is 1. The first-order valence-corrected chi connectivity index (χ1v) is 15.4. The molecule has 0 radical (unpaired) electrons. The number of rotatable bonds is 7. The van der Waals surface area contributed by atoms with Gasteiger partial charge in [-0.25, -0.2) is 4.79 Å². The van der Waals surface area contributed by atoms with Gasteiger partial charge >= 0.3 is 6.09 Å². The standard InChI is InChI=1S/C35H37ClN2O2S/c1-34(2,3)40-33(39)38-23-22-37(31-21-13-20-30(36)24-31)25-32(38)26-41-35(27-14-7-4-8-15-27,28-16-9-5-10-17-28)29-18-11-6-12-19-29/h4-21,24,32H,22-23,25-26H2,1-3H3. The predicted octanol–water partition coefficient (Wildman–Crippen LogP) is 8.49. The molecule has 6 heteroatoms. The normalized spacial score (nSPS) is 16.0. The average Bonchev–Trinajstić information content (AvgIpc) is 2.98. The minimum atomic E-state index is -0.569. The van der Waals surface area contributed by atoms with Gasteiger partial charge in [-0.1, -0.05) is 109 Å². The molecule has 0 aromatic heterocycles. The van der Waals surface area contributed by atoms with Crippen LogP contribution in [0.25, 0.3) is 0 Å². The van der Waals surface area contributed by atoms with Gasteiger partial charge in [0.1, 0.15) is 5.60 Å². The molecule has 1 saturated heterocycles. The molecule has 4 nitrogen and oxygen atoms in total. The van der Waals surface area contributed by atoms with E-state index in [1.807, 2.05) is 55.6 Å². The fourth-order valence-corrected chi connectivity index (χ4v) is 7.28. The molecule has 4 aromatic carbocycles. The summed E-state index contributed by atoms with van der Waals surface area (Å²) in [7, 11) is 0. The van der Waals surface area contributed by atoms with Gasteiger partial charge in [-0.3, -0.25) is 0 Å². The highest BCUT2D eigenvalue weighted by Gasteiger charge is 2.40. The highest BCUT2D eigenvalue weighted by Crippen LogP contribution is 2.49. The highest BCUT2D eigenvalue weighted by molar-refractivity contribution is 8.00. The van der Waals surface area contributed by atoms with E-state index >= 15 is 0 Å². The summed E-state index contributed by atoms with van der Waals surface area (Å²) in [5, 5.41) is 0.708. The molecule has 0 bridgehead atoms. The third-order valence-electron chi connectivity index (χ3n) is 7.32. The average molecular weight is 585 g/mol. The first-order chi connectivity index (χ1) is 19.8. The van der Waals surface area contributed by atoms with Gasteiger partial charge in [-0.15, -0.1) is 11.8 Å². The predicted molar refractivity (Wildman–Crippen MR) is 172 cm³/mol. The number of piperazine rings is 1. The van der Waals surface area contributed by atoms with Gasteiger partial charge in [0, 0.05) is 36.1 Å². The van der Waals surface area contributed by atoms with Crippen molar-refractivity contribution in [3.63, 3.8) is 0 Å². The maximum absolute atomic E-state index is 13.5. The van der Waals surface area contributed by atoms with Crippen molar-refractivity contribution in [2.75, 3.05) is 30.3 Å². The molecule has 1 aliphatic heterocycles. The van der Waals surface area contributed by atoms with Crippen molar-refractivity contribution in [1.29, 1.82) is 0 Å². The Bertz CT molecular complexity index is 1330. The van der Waals surface area contributed by atoms with Crippen LogP contribution in [0.1, 0.15) is 37.5 Å². The fraction of sp³-hybridized carbons (Fsp3) is 0.286. The third kappa shape index (κ3) is 6.74. The molecule has 1 unspecified atom stereocenters. The van der Waals surface area contributed by atoms with Crippen LogP contribution in [0.15, 0.2) is 115 Å². The van der Waals surface area contributed by atoms with E-state index in [-0.39, 0.29) is 12.1 Å². The molecule has 1 aliphatic rings. The van der Waals surface area contributed by atoms with Crippen molar-refractivity contribution in [2.24, 2.45) is 0 Å². The lowest BCUT2D eigenvalue weighted by Gasteiger charge is -2.44. The Morgan fingerprint density at radius 2 is 1.34 bits per heavy atom. The monoisotopic (exact) mass is 584 g/mol. The largest absolute Gasteiger partial charge is 0.444 e. The lowest BCUT2D eigenvalue weighted by Crippen LogP contribution is -2.57. The van der Waals surface area contributed by atoms with Crippen LogP contribution in [-0.4, -0.2) is 48.0 Å². The Labute approximate surface area is 253 Å². The van der Waals surface area contributed by atoms with Crippen LogP contribution < -0.4 is 4.90 Å².